The SMILES string of the molecule is COc1ccc(Cn2c(O)c(C(=O)c3ccccc3)c(O)c(OC)c2=O)cc1. The standard InChI is InChI=1S/C21H19NO6/c1-27-15-10-8-13(9-11-15)12-22-20(25)16(18(24)19(28-2)21(22)26)17(23)14-6-4-3-5-7-14/h3-11,24-25H,12H2,1-2H3. The minimum Gasteiger partial charge on any atom is -0.503 e. The summed E-state index contributed by atoms with van der Waals surface area (Å²) in [6.07, 6.45) is 0. The zero-order valence-electron chi connectivity index (χ0n) is 15.4. The molecule has 0 unspecified atom stereocenters. The Kier molecular flexibility index (Phi) is 5.35. The molecule has 0 radical (unpaired) electrons. The molecule has 0 saturated carbocycles. The highest BCUT2D eigenvalue weighted by molar-refractivity contribution is 6.12. The van der Waals surface area contributed by atoms with E-state index in [9.17, 15) is 19.8 Å². The van der Waals surface area contributed by atoms with E-state index in [4.69, 9.17) is 9.47 Å². The van der Waals surface area contributed by atoms with Crippen molar-refractivity contribution >= 4 is 5.78 Å². The molecule has 0 fully saturated rings. The lowest BCUT2D eigenvalue weighted by atomic mass is 10.0. The molecule has 1 aromatic heterocycles. The highest BCUT2D eigenvalue weighted by Crippen LogP contribution is 2.34. The summed E-state index contributed by atoms with van der Waals surface area (Å²) < 4.78 is 11.1. The number of ether oxygens (including phenoxy) is 2. The molecule has 0 saturated heterocycles. The van der Waals surface area contributed by atoms with E-state index in [1.54, 1.807) is 54.6 Å². The van der Waals surface area contributed by atoms with Crippen molar-refractivity contribution in [2.24, 2.45) is 0 Å². The van der Waals surface area contributed by atoms with Gasteiger partial charge in [-0.2, -0.15) is 0 Å². The number of rotatable bonds is 6. The molecule has 0 atom stereocenters. The summed E-state index contributed by atoms with van der Waals surface area (Å²) in [7, 11) is 2.75. The van der Waals surface area contributed by atoms with Crippen LogP contribution in [-0.2, 0) is 6.54 Å². The number of pyridine rings is 1. The summed E-state index contributed by atoms with van der Waals surface area (Å²) >= 11 is 0. The van der Waals surface area contributed by atoms with Crippen molar-refractivity contribution in [2.45, 2.75) is 6.54 Å². The average molecular weight is 381 g/mol. The van der Waals surface area contributed by atoms with Gasteiger partial charge in [-0.25, -0.2) is 0 Å². The second-order valence-electron chi connectivity index (χ2n) is 6.01. The third-order valence-electron chi connectivity index (χ3n) is 4.34. The molecule has 2 aromatic carbocycles. The lowest BCUT2D eigenvalue weighted by molar-refractivity contribution is 0.103. The summed E-state index contributed by atoms with van der Waals surface area (Å²) in [5.41, 5.74) is -0.206. The van der Waals surface area contributed by atoms with Crippen LogP contribution in [0.5, 0.6) is 23.1 Å². The predicted molar refractivity (Wildman–Crippen MR) is 103 cm³/mol. The van der Waals surface area contributed by atoms with Crippen LogP contribution in [0.3, 0.4) is 0 Å². The molecule has 3 rings (SSSR count). The number of carbonyl (C=O) groups is 1. The molecule has 0 aliphatic heterocycles. The highest BCUT2D eigenvalue weighted by atomic mass is 16.5. The predicted octanol–water partition coefficient (Wildman–Crippen LogP) is 2.56. The maximum atomic E-state index is 12.8. The molecule has 0 aliphatic carbocycles. The third kappa shape index (κ3) is 3.42. The number of carbonyl (C=O) groups excluding carboxylic acids is 1. The first kappa shape index (κ1) is 19.0. The first-order chi connectivity index (χ1) is 13.5. The monoisotopic (exact) mass is 381 g/mol. The fourth-order valence-corrected chi connectivity index (χ4v) is 2.86. The Hall–Kier alpha value is -3.74. The normalized spacial score (nSPS) is 10.5. The molecular formula is C21H19NO6. The van der Waals surface area contributed by atoms with Crippen LogP contribution in [-0.4, -0.2) is 34.8 Å². The maximum Gasteiger partial charge on any atom is 0.299 e. The molecule has 0 spiro atoms. The van der Waals surface area contributed by atoms with Gasteiger partial charge < -0.3 is 19.7 Å². The Balaban J connectivity index is 2.14. The van der Waals surface area contributed by atoms with Crippen molar-refractivity contribution in [3.8, 4) is 23.1 Å². The smallest absolute Gasteiger partial charge is 0.299 e. The molecule has 0 aliphatic rings. The fourth-order valence-electron chi connectivity index (χ4n) is 2.86. The summed E-state index contributed by atoms with van der Waals surface area (Å²) in [5, 5.41) is 21.1. The number of ketones is 1. The Morgan fingerprint density at radius 1 is 0.964 bits per heavy atom. The van der Waals surface area contributed by atoms with Gasteiger partial charge in [-0.3, -0.25) is 14.2 Å². The van der Waals surface area contributed by atoms with E-state index in [2.05, 4.69) is 0 Å². The number of hydrogen-bond acceptors (Lipinski definition) is 6. The average Bonchev–Trinajstić information content (AvgIpc) is 2.72. The molecule has 7 nitrogen and oxygen atoms in total. The van der Waals surface area contributed by atoms with E-state index in [0.717, 1.165) is 4.57 Å². The van der Waals surface area contributed by atoms with Crippen molar-refractivity contribution in [3.63, 3.8) is 0 Å². The lowest BCUT2D eigenvalue weighted by Crippen LogP contribution is -2.24. The van der Waals surface area contributed by atoms with Crippen molar-refractivity contribution in [1.82, 2.24) is 4.57 Å². The van der Waals surface area contributed by atoms with E-state index < -0.39 is 34.3 Å². The summed E-state index contributed by atoms with van der Waals surface area (Å²) in [6, 6.07) is 15.0. The fraction of sp³-hybridized carbons (Fsp3) is 0.143. The quantitative estimate of drug-likeness (QED) is 0.637. The van der Waals surface area contributed by atoms with E-state index in [1.807, 2.05) is 0 Å². The van der Waals surface area contributed by atoms with Gasteiger partial charge in [0.15, 0.2) is 5.75 Å². The van der Waals surface area contributed by atoms with Crippen LogP contribution in [0.4, 0.5) is 0 Å². The topological polar surface area (TPSA) is 98.0 Å². The van der Waals surface area contributed by atoms with Crippen LogP contribution >= 0.6 is 0 Å². The van der Waals surface area contributed by atoms with Crippen molar-refractivity contribution in [1.29, 1.82) is 0 Å². The molecule has 28 heavy (non-hydrogen) atoms. The Bertz CT molecular complexity index is 1050. The van der Waals surface area contributed by atoms with E-state index in [1.165, 1.54) is 14.2 Å². The van der Waals surface area contributed by atoms with Crippen LogP contribution in [0.15, 0.2) is 59.4 Å². The van der Waals surface area contributed by atoms with E-state index in [0.29, 0.717) is 11.3 Å². The van der Waals surface area contributed by atoms with Gasteiger partial charge >= 0.3 is 0 Å². The van der Waals surface area contributed by atoms with Crippen molar-refractivity contribution in [2.75, 3.05) is 14.2 Å². The Labute approximate surface area is 161 Å². The minimum atomic E-state index is -0.752. The molecular weight excluding hydrogens is 362 g/mol. The first-order valence-corrected chi connectivity index (χ1v) is 8.43. The van der Waals surface area contributed by atoms with Gasteiger partial charge in [-0.1, -0.05) is 42.5 Å². The van der Waals surface area contributed by atoms with Gasteiger partial charge in [0, 0.05) is 5.56 Å². The lowest BCUT2D eigenvalue weighted by Gasteiger charge is -2.16. The zero-order chi connectivity index (χ0) is 20.3. The first-order valence-electron chi connectivity index (χ1n) is 8.43. The number of hydrogen-bond donors (Lipinski definition) is 2. The molecule has 2 N–H and O–H groups in total. The molecule has 0 amide bonds. The number of benzene rings is 2. The number of aromatic nitrogens is 1. The largest absolute Gasteiger partial charge is 0.503 e. The van der Waals surface area contributed by atoms with Crippen LogP contribution in [0.2, 0.25) is 0 Å². The van der Waals surface area contributed by atoms with Crippen LogP contribution < -0.4 is 15.0 Å². The molecule has 0 bridgehead atoms. The van der Waals surface area contributed by atoms with Crippen LogP contribution in [0.1, 0.15) is 21.5 Å². The number of aromatic hydroxyl groups is 2. The number of nitrogens with zero attached hydrogens (tertiary/aromatic N) is 1. The van der Waals surface area contributed by atoms with Crippen molar-refractivity contribution in [3.05, 3.63) is 81.6 Å². The maximum absolute atomic E-state index is 12.8. The molecule has 7 heteroatoms. The van der Waals surface area contributed by atoms with Crippen molar-refractivity contribution < 1.29 is 24.5 Å². The number of methoxy groups -OCH3 is 2. The summed E-state index contributed by atoms with van der Waals surface area (Å²) in [4.78, 5) is 25.5. The van der Waals surface area contributed by atoms with E-state index >= 15 is 0 Å². The van der Waals surface area contributed by atoms with E-state index in [-0.39, 0.29) is 12.1 Å². The van der Waals surface area contributed by atoms with Gasteiger partial charge in [0.2, 0.25) is 17.4 Å². The molecule has 144 valence electrons. The summed E-state index contributed by atoms with van der Waals surface area (Å²) in [5.74, 6) is -1.72. The van der Waals surface area contributed by atoms with Gasteiger partial charge in [-0.15, -0.1) is 0 Å². The summed E-state index contributed by atoms with van der Waals surface area (Å²) in [6.45, 7) is -0.0274. The van der Waals surface area contributed by atoms with Gasteiger partial charge in [0.1, 0.15) is 11.3 Å². The molecule has 1 heterocycles. The van der Waals surface area contributed by atoms with Gasteiger partial charge in [-0.05, 0) is 17.7 Å². The zero-order valence-corrected chi connectivity index (χ0v) is 15.4. The minimum absolute atomic E-state index is 0.0274. The molecule has 3 aromatic rings. The van der Waals surface area contributed by atoms with Gasteiger partial charge in [0.25, 0.3) is 5.56 Å². The second-order valence-corrected chi connectivity index (χ2v) is 6.01. The third-order valence-corrected chi connectivity index (χ3v) is 4.34. The van der Waals surface area contributed by atoms with Crippen LogP contribution in [0.25, 0.3) is 0 Å². The second kappa shape index (κ2) is 7.87. The van der Waals surface area contributed by atoms with Crippen LogP contribution in [0, 0.1) is 0 Å². The highest BCUT2D eigenvalue weighted by Gasteiger charge is 2.27. The Morgan fingerprint density at radius 2 is 1.61 bits per heavy atom. The Morgan fingerprint density at radius 3 is 2.18 bits per heavy atom. The van der Waals surface area contributed by atoms with Gasteiger partial charge in [0.05, 0.1) is 20.8 Å².